The monoisotopic (exact) mass is 259 g/mol. The van der Waals surface area contributed by atoms with Crippen molar-refractivity contribution in [3.8, 4) is 0 Å². The maximum atomic E-state index is 11.0. The number of carboxylic acids is 1. The first kappa shape index (κ1) is 12.2. The Morgan fingerprint density at radius 2 is 2.11 bits per heavy atom. The molecule has 2 aromatic rings. The smallest absolute Gasteiger partial charge is 0.335 e. The Bertz CT molecular complexity index is 612. The van der Waals surface area contributed by atoms with Gasteiger partial charge in [0.25, 0.3) is 0 Å². The summed E-state index contributed by atoms with van der Waals surface area (Å²) in [4.78, 5) is 13.3. The molecule has 5 nitrogen and oxygen atoms in total. The van der Waals surface area contributed by atoms with E-state index in [-0.39, 0.29) is 0 Å². The summed E-state index contributed by atoms with van der Waals surface area (Å²) in [6.07, 6.45) is 3.95. The first-order chi connectivity index (χ1) is 9.15. The molecule has 100 valence electrons. The first-order valence-electron chi connectivity index (χ1n) is 6.54. The summed E-state index contributed by atoms with van der Waals surface area (Å²) in [5.74, 6) is -0.894. The van der Waals surface area contributed by atoms with Crippen LogP contribution >= 0.6 is 0 Å². The van der Waals surface area contributed by atoms with Crippen LogP contribution in [-0.2, 0) is 0 Å². The maximum Gasteiger partial charge on any atom is 0.335 e. The van der Waals surface area contributed by atoms with Crippen molar-refractivity contribution in [2.45, 2.75) is 18.9 Å². The summed E-state index contributed by atoms with van der Waals surface area (Å²) in [5.41, 5.74) is 1.34. The largest absolute Gasteiger partial charge is 0.478 e. The Balaban J connectivity index is 1.95. The van der Waals surface area contributed by atoms with E-state index in [9.17, 15) is 4.79 Å². The average molecular weight is 259 g/mol. The number of carbonyl (C=O) groups is 1. The van der Waals surface area contributed by atoms with Crippen LogP contribution in [-0.4, -0.2) is 45.9 Å². The van der Waals surface area contributed by atoms with Gasteiger partial charge in [0.15, 0.2) is 0 Å². The molecule has 0 radical (unpaired) electrons. The van der Waals surface area contributed by atoms with Crippen molar-refractivity contribution in [2.75, 3.05) is 20.1 Å². The Kier molecular flexibility index (Phi) is 2.98. The number of carboxylic acid groups (broad SMARTS) is 1. The summed E-state index contributed by atoms with van der Waals surface area (Å²) in [7, 11) is 2.14. The number of fused-ring (bicyclic) bond motifs is 1. The highest BCUT2D eigenvalue weighted by Gasteiger charge is 2.20. The SMILES string of the molecule is CN1CCC(n2ncc3cc(C(=O)O)ccc32)CC1. The minimum atomic E-state index is -0.894. The van der Waals surface area contributed by atoms with Gasteiger partial charge in [-0.25, -0.2) is 4.79 Å². The molecule has 0 amide bonds. The molecule has 5 heteroatoms. The number of likely N-dealkylation sites (tertiary alicyclic amines) is 1. The topological polar surface area (TPSA) is 58.4 Å². The Labute approximate surface area is 111 Å². The summed E-state index contributed by atoms with van der Waals surface area (Å²) in [6, 6.07) is 5.63. The first-order valence-corrected chi connectivity index (χ1v) is 6.54. The predicted octanol–water partition coefficient (Wildman–Crippen LogP) is 2.00. The molecule has 0 unspecified atom stereocenters. The van der Waals surface area contributed by atoms with Crippen LogP contribution in [0.1, 0.15) is 29.2 Å². The van der Waals surface area contributed by atoms with Gasteiger partial charge in [-0.15, -0.1) is 0 Å². The van der Waals surface area contributed by atoms with Crippen molar-refractivity contribution < 1.29 is 9.90 Å². The lowest BCUT2D eigenvalue weighted by Gasteiger charge is -2.29. The van der Waals surface area contributed by atoms with Crippen LogP contribution in [0.25, 0.3) is 10.9 Å². The van der Waals surface area contributed by atoms with Crippen LogP contribution in [0.3, 0.4) is 0 Å². The molecule has 0 aliphatic carbocycles. The number of hydrogen-bond donors (Lipinski definition) is 1. The third-order valence-corrected chi connectivity index (χ3v) is 3.88. The Morgan fingerprint density at radius 3 is 2.79 bits per heavy atom. The van der Waals surface area contributed by atoms with Crippen molar-refractivity contribution >= 4 is 16.9 Å². The van der Waals surface area contributed by atoms with Crippen LogP contribution in [0, 0.1) is 0 Å². The maximum absolute atomic E-state index is 11.0. The second-order valence-corrected chi connectivity index (χ2v) is 5.20. The van der Waals surface area contributed by atoms with E-state index in [1.165, 1.54) is 0 Å². The third kappa shape index (κ3) is 2.21. The van der Waals surface area contributed by atoms with Gasteiger partial charge in [-0.2, -0.15) is 5.10 Å². The zero-order chi connectivity index (χ0) is 13.4. The van der Waals surface area contributed by atoms with E-state index < -0.39 is 5.97 Å². The number of nitrogens with zero attached hydrogens (tertiary/aromatic N) is 3. The second kappa shape index (κ2) is 4.66. The Hall–Kier alpha value is -1.88. The highest BCUT2D eigenvalue weighted by Crippen LogP contribution is 2.26. The molecule has 1 aromatic carbocycles. The second-order valence-electron chi connectivity index (χ2n) is 5.20. The fraction of sp³-hybridized carbons (Fsp3) is 0.429. The zero-order valence-electron chi connectivity index (χ0n) is 10.9. The number of rotatable bonds is 2. The number of hydrogen-bond acceptors (Lipinski definition) is 3. The lowest BCUT2D eigenvalue weighted by Crippen LogP contribution is -2.31. The van der Waals surface area contributed by atoms with Crippen molar-refractivity contribution in [1.82, 2.24) is 14.7 Å². The normalized spacial score (nSPS) is 17.9. The molecule has 1 aromatic heterocycles. The number of piperidine rings is 1. The highest BCUT2D eigenvalue weighted by atomic mass is 16.4. The van der Waals surface area contributed by atoms with E-state index in [1.54, 1.807) is 18.3 Å². The highest BCUT2D eigenvalue weighted by molar-refractivity contribution is 5.93. The molecule has 2 heterocycles. The standard InChI is InChI=1S/C14H17N3O2/c1-16-6-4-12(5-7-16)17-13-3-2-10(14(18)19)8-11(13)9-15-17/h2-3,8-9,12H,4-7H2,1H3,(H,18,19). The van der Waals surface area contributed by atoms with E-state index in [0.717, 1.165) is 36.8 Å². The molecule has 1 fully saturated rings. The molecule has 0 atom stereocenters. The molecule has 1 aliphatic rings. The average Bonchev–Trinajstić information content (AvgIpc) is 2.82. The molecular formula is C14H17N3O2. The number of aromatic carboxylic acids is 1. The molecule has 19 heavy (non-hydrogen) atoms. The van der Waals surface area contributed by atoms with Crippen LogP contribution < -0.4 is 0 Å². The molecule has 1 saturated heterocycles. The van der Waals surface area contributed by atoms with Gasteiger partial charge in [-0.3, -0.25) is 4.68 Å². The fourth-order valence-corrected chi connectivity index (χ4v) is 2.72. The lowest BCUT2D eigenvalue weighted by molar-refractivity contribution is 0.0697. The molecule has 0 spiro atoms. The quantitative estimate of drug-likeness (QED) is 0.896. The number of aromatic nitrogens is 2. The minimum absolute atomic E-state index is 0.315. The van der Waals surface area contributed by atoms with E-state index in [4.69, 9.17) is 5.11 Å². The van der Waals surface area contributed by atoms with E-state index in [0.29, 0.717) is 11.6 Å². The van der Waals surface area contributed by atoms with E-state index in [1.807, 2.05) is 10.7 Å². The van der Waals surface area contributed by atoms with Gasteiger partial charge in [0.2, 0.25) is 0 Å². The van der Waals surface area contributed by atoms with Gasteiger partial charge in [0.1, 0.15) is 0 Å². The van der Waals surface area contributed by atoms with Crippen molar-refractivity contribution in [1.29, 1.82) is 0 Å². The van der Waals surface area contributed by atoms with Crippen LogP contribution in [0.4, 0.5) is 0 Å². The van der Waals surface area contributed by atoms with Gasteiger partial charge >= 0.3 is 5.97 Å². The van der Waals surface area contributed by atoms with Crippen molar-refractivity contribution in [2.24, 2.45) is 0 Å². The van der Waals surface area contributed by atoms with Crippen LogP contribution in [0.5, 0.6) is 0 Å². The van der Waals surface area contributed by atoms with Gasteiger partial charge in [-0.1, -0.05) is 0 Å². The fourth-order valence-electron chi connectivity index (χ4n) is 2.72. The van der Waals surface area contributed by atoms with Crippen molar-refractivity contribution in [3.05, 3.63) is 30.0 Å². The molecule has 3 rings (SSSR count). The molecule has 0 bridgehead atoms. The number of benzene rings is 1. The van der Waals surface area contributed by atoms with Gasteiger partial charge in [0.05, 0.1) is 23.3 Å². The van der Waals surface area contributed by atoms with E-state index in [2.05, 4.69) is 17.0 Å². The van der Waals surface area contributed by atoms with Gasteiger partial charge in [0, 0.05) is 5.39 Å². The molecule has 1 aliphatic heterocycles. The third-order valence-electron chi connectivity index (χ3n) is 3.88. The van der Waals surface area contributed by atoms with Gasteiger partial charge < -0.3 is 10.0 Å². The van der Waals surface area contributed by atoms with Crippen molar-refractivity contribution in [3.63, 3.8) is 0 Å². The minimum Gasteiger partial charge on any atom is -0.478 e. The summed E-state index contributed by atoms with van der Waals surface area (Å²) >= 11 is 0. The van der Waals surface area contributed by atoms with Crippen LogP contribution in [0.15, 0.2) is 24.4 Å². The zero-order valence-corrected chi connectivity index (χ0v) is 10.9. The lowest BCUT2D eigenvalue weighted by atomic mass is 10.1. The predicted molar refractivity (Wildman–Crippen MR) is 72.5 cm³/mol. The van der Waals surface area contributed by atoms with E-state index >= 15 is 0 Å². The van der Waals surface area contributed by atoms with Crippen LogP contribution in [0.2, 0.25) is 0 Å². The summed E-state index contributed by atoms with van der Waals surface area (Å²) in [5, 5.41) is 14.3. The summed E-state index contributed by atoms with van der Waals surface area (Å²) < 4.78 is 2.05. The van der Waals surface area contributed by atoms with Gasteiger partial charge in [-0.05, 0) is 51.2 Å². The Morgan fingerprint density at radius 1 is 1.37 bits per heavy atom. The summed E-state index contributed by atoms with van der Waals surface area (Å²) in [6.45, 7) is 2.17. The molecular weight excluding hydrogens is 242 g/mol. The molecule has 1 N–H and O–H groups in total. The molecule has 0 saturated carbocycles.